The molecule has 43 heavy (non-hydrogen) atoms. The minimum absolute atomic E-state index is 0.128. The van der Waals surface area contributed by atoms with Crippen LogP contribution in [0.15, 0.2) is 84.7 Å². The van der Waals surface area contributed by atoms with Crippen molar-refractivity contribution in [1.82, 2.24) is 4.48 Å². The van der Waals surface area contributed by atoms with Gasteiger partial charge in [0, 0.05) is 32.5 Å². The molecule has 0 radical (unpaired) electrons. The lowest BCUT2D eigenvalue weighted by molar-refractivity contribution is -0.356. The number of aromatic nitrogens is 1. The van der Waals surface area contributed by atoms with Gasteiger partial charge in [0.25, 0.3) is 6.71 Å². The molecule has 0 atom stereocenters. The van der Waals surface area contributed by atoms with E-state index in [4.69, 9.17) is 0 Å². The van der Waals surface area contributed by atoms with Crippen LogP contribution in [0.3, 0.4) is 0 Å². The number of allylic oxidation sites excluding steroid dienone is 2. The fourth-order valence-electron chi connectivity index (χ4n) is 7.24. The van der Waals surface area contributed by atoms with Crippen molar-refractivity contribution in [3.63, 3.8) is 0 Å². The Morgan fingerprint density at radius 2 is 1.28 bits per heavy atom. The van der Waals surface area contributed by atoms with Crippen molar-refractivity contribution >= 4 is 63.8 Å². The maximum absolute atomic E-state index is 15.3. The molecule has 2 aliphatic rings. The van der Waals surface area contributed by atoms with E-state index in [0.29, 0.717) is 11.4 Å². The molecule has 0 spiro atoms. The van der Waals surface area contributed by atoms with Crippen molar-refractivity contribution in [2.45, 2.75) is 41.5 Å². The Balaban J connectivity index is 1.34. The summed E-state index contributed by atoms with van der Waals surface area (Å²) in [4.78, 5) is 3.33. The Hall–Kier alpha value is -3.74. The number of rotatable bonds is 5. The first-order valence-electron chi connectivity index (χ1n) is 14.6. The SMILES string of the molecule is Cc1cc(C)c(B(c2ccc(-c3ccc(C4=C5C=CC=[N+]5[B-](F)(F)n5cccc54)s3)s2)c2c(C)cc(C)cc2C)c(C)c1. The standard InChI is InChI=1S/C35H32B2F2N2S2/c1-21-17-23(3)34(24(4)18-21)36(35-25(5)19-22(2)20-26(35)6)32-14-13-30(43-32)29-11-12-31(42-29)33-27-9-7-15-40(27)37(38,39)41-16-8-10-28(33)41/h7-20H,1-6H3. The third-order valence-electron chi connectivity index (χ3n) is 8.80. The van der Waals surface area contributed by atoms with Gasteiger partial charge in [0.05, 0.1) is 5.57 Å². The molecule has 3 aromatic heterocycles. The molecule has 0 aliphatic carbocycles. The average Bonchev–Trinajstić information content (AvgIpc) is 3.74. The van der Waals surface area contributed by atoms with E-state index < -0.39 is 6.97 Å². The minimum Gasteiger partial charge on any atom is -0.396 e. The van der Waals surface area contributed by atoms with E-state index in [0.717, 1.165) is 24.3 Å². The third-order valence-corrected chi connectivity index (χ3v) is 11.2. The van der Waals surface area contributed by atoms with Crippen LogP contribution in [0, 0.1) is 41.5 Å². The van der Waals surface area contributed by atoms with Crippen LogP contribution in [0.1, 0.15) is 44.0 Å². The molecule has 0 amide bonds. The highest BCUT2D eigenvalue weighted by molar-refractivity contribution is 7.31. The maximum atomic E-state index is 15.3. The zero-order valence-corrected chi connectivity index (χ0v) is 26.8. The van der Waals surface area contributed by atoms with Crippen LogP contribution in [0.25, 0.3) is 15.3 Å². The molecule has 5 heterocycles. The molecule has 214 valence electrons. The molecule has 2 aromatic carbocycles. The van der Waals surface area contributed by atoms with Crippen LogP contribution in [0.2, 0.25) is 0 Å². The number of hydrogen-bond acceptors (Lipinski definition) is 2. The van der Waals surface area contributed by atoms with E-state index in [-0.39, 0.29) is 6.71 Å². The van der Waals surface area contributed by atoms with Crippen LogP contribution in [0.4, 0.5) is 8.63 Å². The molecule has 2 nitrogen and oxygen atoms in total. The summed E-state index contributed by atoms with van der Waals surface area (Å²) in [5.41, 5.74) is 12.5. The maximum Gasteiger partial charge on any atom is 0.737 e. The Labute approximate surface area is 260 Å². The van der Waals surface area contributed by atoms with Crippen molar-refractivity contribution < 1.29 is 13.1 Å². The van der Waals surface area contributed by atoms with Gasteiger partial charge in [0.2, 0.25) is 0 Å². The number of aryl methyl sites for hydroxylation is 6. The second kappa shape index (κ2) is 10.2. The van der Waals surface area contributed by atoms with Gasteiger partial charge in [-0.05, 0) is 82.8 Å². The average molecular weight is 604 g/mol. The van der Waals surface area contributed by atoms with Crippen LogP contribution < -0.4 is 15.7 Å². The van der Waals surface area contributed by atoms with Crippen molar-refractivity contribution in [2.24, 2.45) is 0 Å². The van der Waals surface area contributed by atoms with Gasteiger partial charge in [0.1, 0.15) is 6.21 Å². The summed E-state index contributed by atoms with van der Waals surface area (Å²) in [5.74, 6) is 0. The van der Waals surface area contributed by atoms with Gasteiger partial charge in [-0.25, -0.2) is 0 Å². The molecule has 8 heteroatoms. The molecule has 7 rings (SSSR count). The van der Waals surface area contributed by atoms with Gasteiger partial charge in [-0.1, -0.05) is 74.6 Å². The summed E-state index contributed by atoms with van der Waals surface area (Å²) >= 11 is 3.50. The van der Waals surface area contributed by atoms with E-state index in [2.05, 4.69) is 90.1 Å². The fourth-order valence-corrected chi connectivity index (χ4v) is 9.53. The molecule has 0 saturated heterocycles. The highest BCUT2D eigenvalue weighted by atomic mass is 32.1. The van der Waals surface area contributed by atoms with Crippen molar-refractivity contribution in [3.05, 3.63) is 129 Å². The summed E-state index contributed by atoms with van der Waals surface area (Å²) in [6.07, 6.45) is 6.49. The molecular weight excluding hydrogens is 572 g/mol. The normalized spacial score (nSPS) is 15.1. The first-order chi connectivity index (χ1) is 20.5. The monoisotopic (exact) mass is 604 g/mol. The first-order valence-corrected chi connectivity index (χ1v) is 16.3. The minimum atomic E-state index is -3.91. The summed E-state index contributed by atoms with van der Waals surface area (Å²) in [5, 5.41) is 0. The molecule has 2 aliphatic heterocycles. The van der Waals surface area contributed by atoms with E-state index in [9.17, 15) is 0 Å². The predicted octanol–water partition coefficient (Wildman–Crippen LogP) is 7.29. The van der Waals surface area contributed by atoms with Gasteiger partial charge in [-0.2, -0.15) is 0 Å². The number of hydrogen-bond donors (Lipinski definition) is 0. The van der Waals surface area contributed by atoms with Crippen LogP contribution in [-0.2, 0) is 0 Å². The zero-order valence-electron chi connectivity index (χ0n) is 25.2. The molecular formula is C35H32B2F2N2S2. The lowest BCUT2D eigenvalue weighted by atomic mass is 9.37. The van der Waals surface area contributed by atoms with Gasteiger partial charge in [-0.3, -0.25) is 0 Å². The van der Waals surface area contributed by atoms with Gasteiger partial charge in [0.15, 0.2) is 5.70 Å². The van der Waals surface area contributed by atoms with E-state index in [1.54, 1.807) is 35.6 Å². The Bertz CT molecular complexity index is 1940. The van der Waals surface area contributed by atoms with E-state index >= 15 is 8.63 Å². The number of fused-ring (bicyclic) bond motifs is 2. The van der Waals surface area contributed by atoms with E-state index in [1.165, 1.54) is 66.4 Å². The van der Waals surface area contributed by atoms with Crippen molar-refractivity contribution in [1.29, 1.82) is 0 Å². The molecule has 0 N–H and O–H groups in total. The Morgan fingerprint density at radius 1 is 0.721 bits per heavy atom. The van der Waals surface area contributed by atoms with Crippen LogP contribution >= 0.6 is 22.7 Å². The number of benzene rings is 2. The van der Waals surface area contributed by atoms with Gasteiger partial charge >= 0.3 is 6.97 Å². The van der Waals surface area contributed by atoms with Crippen LogP contribution in [0.5, 0.6) is 0 Å². The lowest BCUT2D eigenvalue weighted by Gasteiger charge is -2.30. The summed E-state index contributed by atoms with van der Waals surface area (Å²) in [6.45, 7) is 9.49. The largest absolute Gasteiger partial charge is 0.737 e. The smallest absolute Gasteiger partial charge is 0.396 e. The molecule has 0 saturated carbocycles. The highest BCUT2D eigenvalue weighted by Crippen LogP contribution is 2.42. The van der Waals surface area contributed by atoms with Crippen LogP contribution in [-0.4, -0.2) is 28.9 Å². The summed E-state index contributed by atoms with van der Waals surface area (Å²) < 4.78 is 34.2. The lowest BCUT2D eigenvalue weighted by Crippen LogP contribution is -2.54. The second-order valence-electron chi connectivity index (χ2n) is 12.0. The van der Waals surface area contributed by atoms with E-state index in [1.807, 2.05) is 11.3 Å². The quantitative estimate of drug-likeness (QED) is 0.186. The van der Waals surface area contributed by atoms with Gasteiger partial charge < -0.3 is 17.6 Å². The fraction of sp³-hybridized carbons (Fsp3) is 0.171. The second-order valence-corrected chi connectivity index (χ2v) is 14.2. The Morgan fingerprint density at radius 3 is 1.91 bits per heavy atom. The molecule has 0 fully saturated rings. The first kappa shape index (κ1) is 28.1. The molecule has 0 unspecified atom stereocenters. The van der Waals surface area contributed by atoms with Crippen molar-refractivity contribution in [3.8, 4) is 9.75 Å². The van der Waals surface area contributed by atoms with Crippen molar-refractivity contribution in [2.75, 3.05) is 0 Å². The third kappa shape index (κ3) is 4.46. The Kier molecular flexibility index (Phi) is 6.64. The number of halogens is 2. The topological polar surface area (TPSA) is 7.94 Å². The number of thiophene rings is 2. The molecule has 0 bridgehead atoms. The summed E-state index contributed by atoms with van der Waals surface area (Å²) in [7, 11) is 0. The predicted molar refractivity (Wildman–Crippen MR) is 183 cm³/mol. The molecule has 5 aromatic rings. The zero-order chi connectivity index (χ0) is 30.2. The summed E-state index contributed by atoms with van der Waals surface area (Å²) in [6, 6.07) is 21.4. The highest BCUT2D eigenvalue weighted by Gasteiger charge is 2.51. The van der Waals surface area contributed by atoms with Gasteiger partial charge in [-0.15, -0.1) is 22.7 Å². The number of nitrogens with zero attached hydrogens (tertiary/aromatic N) is 2.